The van der Waals surface area contributed by atoms with E-state index in [9.17, 15) is 15.0 Å². The van der Waals surface area contributed by atoms with Crippen molar-refractivity contribution < 1.29 is 19.7 Å². The topological polar surface area (TPSA) is 92.8 Å². The van der Waals surface area contributed by atoms with E-state index in [0.717, 1.165) is 0 Å². The van der Waals surface area contributed by atoms with Crippen LogP contribution in [0.4, 0.5) is 5.69 Å². The predicted octanol–water partition coefficient (Wildman–Crippen LogP) is 1.92. The van der Waals surface area contributed by atoms with Crippen LogP contribution in [0, 0.1) is 0 Å². The Hall–Kier alpha value is -1.01. The van der Waals surface area contributed by atoms with Crippen molar-refractivity contribution in [2.75, 3.05) is 12.3 Å². The second kappa shape index (κ2) is 6.96. The first-order valence-corrected chi connectivity index (χ1v) is 6.38. The third-order valence-corrected chi connectivity index (χ3v) is 3.11. The van der Waals surface area contributed by atoms with E-state index in [1.807, 2.05) is 0 Å². The summed E-state index contributed by atoms with van der Waals surface area (Å²) >= 11 is 11.7. The van der Waals surface area contributed by atoms with Crippen LogP contribution in [-0.4, -0.2) is 28.9 Å². The third-order valence-electron chi connectivity index (χ3n) is 2.49. The summed E-state index contributed by atoms with van der Waals surface area (Å²) in [4.78, 5) is 11.2. The molecule has 2 unspecified atom stereocenters. The minimum absolute atomic E-state index is 0.171. The molecule has 5 nitrogen and oxygen atoms in total. The zero-order valence-corrected chi connectivity index (χ0v) is 11.8. The zero-order chi connectivity index (χ0) is 14.6. The van der Waals surface area contributed by atoms with E-state index in [0.29, 0.717) is 0 Å². The van der Waals surface area contributed by atoms with Crippen LogP contribution in [-0.2, 0) is 9.53 Å². The number of esters is 1. The fourth-order valence-electron chi connectivity index (χ4n) is 1.50. The summed E-state index contributed by atoms with van der Waals surface area (Å²) in [5.41, 5.74) is 6.04. The van der Waals surface area contributed by atoms with E-state index in [-0.39, 0.29) is 34.3 Å². The summed E-state index contributed by atoms with van der Waals surface area (Å²) in [6.45, 7) is 1.86. The average molecular weight is 308 g/mol. The number of nitrogens with two attached hydrogens (primary N) is 1. The molecule has 0 saturated carbocycles. The highest BCUT2D eigenvalue weighted by Gasteiger charge is 2.23. The Kier molecular flexibility index (Phi) is 5.87. The molecule has 0 spiro atoms. The van der Waals surface area contributed by atoms with E-state index in [1.54, 1.807) is 6.92 Å². The van der Waals surface area contributed by atoms with Gasteiger partial charge in [-0.25, -0.2) is 0 Å². The van der Waals surface area contributed by atoms with Crippen LogP contribution in [0.1, 0.15) is 25.0 Å². The van der Waals surface area contributed by atoms with Gasteiger partial charge in [0, 0.05) is 0 Å². The number of aliphatic hydroxyl groups excluding tert-OH is 2. The van der Waals surface area contributed by atoms with Gasteiger partial charge in [-0.05, 0) is 24.6 Å². The molecule has 1 rings (SSSR count). The van der Waals surface area contributed by atoms with E-state index < -0.39 is 18.2 Å². The lowest BCUT2D eigenvalue weighted by Crippen LogP contribution is -2.23. The molecule has 19 heavy (non-hydrogen) atoms. The van der Waals surface area contributed by atoms with Crippen molar-refractivity contribution in [3.63, 3.8) is 0 Å². The fraction of sp³-hybridized carbons (Fsp3) is 0.417. The quantitative estimate of drug-likeness (QED) is 0.571. The Labute approximate surface area is 120 Å². The van der Waals surface area contributed by atoms with Crippen LogP contribution in [0.2, 0.25) is 10.0 Å². The van der Waals surface area contributed by atoms with Crippen molar-refractivity contribution in [1.29, 1.82) is 0 Å². The molecule has 0 radical (unpaired) electrons. The van der Waals surface area contributed by atoms with Crippen LogP contribution in [0.25, 0.3) is 0 Å². The second-order valence-corrected chi connectivity index (χ2v) is 4.73. The van der Waals surface area contributed by atoms with E-state index in [4.69, 9.17) is 28.9 Å². The Morgan fingerprint density at radius 1 is 1.37 bits per heavy atom. The van der Waals surface area contributed by atoms with Crippen LogP contribution < -0.4 is 5.73 Å². The third kappa shape index (κ3) is 4.24. The second-order valence-electron chi connectivity index (χ2n) is 3.92. The maximum absolute atomic E-state index is 11.2. The molecule has 0 heterocycles. The summed E-state index contributed by atoms with van der Waals surface area (Å²) in [6, 6.07) is 2.78. The van der Waals surface area contributed by atoms with E-state index >= 15 is 0 Å². The van der Waals surface area contributed by atoms with Gasteiger partial charge < -0.3 is 20.7 Å². The molecular weight excluding hydrogens is 293 g/mol. The van der Waals surface area contributed by atoms with Gasteiger partial charge in [0.05, 0.1) is 34.9 Å². The average Bonchev–Trinajstić information content (AvgIpc) is 2.34. The fourth-order valence-corrected chi connectivity index (χ4v) is 2.00. The van der Waals surface area contributed by atoms with Crippen molar-refractivity contribution >= 4 is 34.9 Å². The van der Waals surface area contributed by atoms with Crippen LogP contribution in [0.15, 0.2) is 12.1 Å². The first-order chi connectivity index (χ1) is 8.86. The molecule has 0 aliphatic rings. The van der Waals surface area contributed by atoms with Crippen LogP contribution >= 0.6 is 23.2 Å². The highest BCUT2D eigenvalue weighted by molar-refractivity contribution is 6.38. The summed E-state index contributed by atoms with van der Waals surface area (Å²) in [6.07, 6.45) is -2.94. The van der Waals surface area contributed by atoms with Crippen LogP contribution in [0.3, 0.4) is 0 Å². The molecule has 0 aliphatic carbocycles. The molecule has 106 valence electrons. The standard InChI is InChI=1S/C12H15Cl2NO4/c1-2-19-10(17)5-9(16)12(18)6-3-7(13)11(15)8(14)4-6/h3-4,9,12,16,18H,2,5,15H2,1H3. The summed E-state index contributed by atoms with van der Waals surface area (Å²) in [5.74, 6) is -0.596. The Bertz CT molecular complexity index is 444. The van der Waals surface area contributed by atoms with Gasteiger partial charge in [-0.2, -0.15) is 0 Å². The lowest BCUT2D eigenvalue weighted by molar-refractivity contribution is -0.147. The van der Waals surface area contributed by atoms with Crippen molar-refractivity contribution in [1.82, 2.24) is 0 Å². The number of anilines is 1. The lowest BCUT2D eigenvalue weighted by Gasteiger charge is -2.18. The molecule has 0 amide bonds. The summed E-state index contributed by atoms with van der Waals surface area (Å²) < 4.78 is 4.68. The van der Waals surface area contributed by atoms with Crippen molar-refractivity contribution in [2.24, 2.45) is 0 Å². The van der Waals surface area contributed by atoms with E-state index in [1.165, 1.54) is 12.1 Å². The van der Waals surface area contributed by atoms with Gasteiger partial charge in [0.2, 0.25) is 0 Å². The van der Waals surface area contributed by atoms with Gasteiger partial charge in [-0.3, -0.25) is 4.79 Å². The molecule has 2 atom stereocenters. The number of halogens is 2. The van der Waals surface area contributed by atoms with Gasteiger partial charge >= 0.3 is 5.97 Å². The van der Waals surface area contributed by atoms with Crippen molar-refractivity contribution in [3.05, 3.63) is 27.7 Å². The molecule has 1 aromatic rings. The largest absolute Gasteiger partial charge is 0.466 e. The minimum atomic E-state index is -1.31. The van der Waals surface area contributed by atoms with Crippen molar-refractivity contribution in [3.8, 4) is 0 Å². The molecule has 0 saturated heterocycles. The number of carbonyl (C=O) groups excluding carboxylic acids is 1. The number of ether oxygens (including phenoxy) is 1. The van der Waals surface area contributed by atoms with E-state index in [2.05, 4.69) is 4.74 Å². The van der Waals surface area contributed by atoms with Crippen molar-refractivity contribution in [2.45, 2.75) is 25.6 Å². The molecule has 0 aromatic heterocycles. The highest BCUT2D eigenvalue weighted by atomic mass is 35.5. The Morgan fingerprint density at radius 2 is 1.89 bits per heavy atom. The molecule has 0 aliphatic heterocycles. The first kappa shape index (κ1) is 16.0. The van der Waals surface area contributed by atoms with Gasteiger partial charge in [-0.15, -0.1) is 0 Å². The number of carbonyl (C=O) groups is 1. The maximum Gasteiger partial charge on any atom is 0.308 e. The van der Waals surface area contributed by atoms with Gasteiger partial charge in [0.1, 0.15) is 6.10 Å². The SMILES string of the molecule is CCOC(=O)CC(O)C(O)c1cc(Cl)c(N)c(Cl)c1. The summed E-state index contributed by atoms with van der Waals surface area (Å²) in [5, 5.41) is 20.0. The zero-order valence-electron chi connectivity index (χ0n) is 10.3. The number of nitrogen functional groups attached to an aromatic ring is 1. The summed E-state index contributed by atoms with van der Waals surface area (Å²) in [7, 11) is 0. The molecule has 7 heteroatoms. The number of benzene rings is 1. The number of hydrogen-bond donors (Lipinski definition) is 3. The number of hydrogen-bond acceptors (Lipinski definition) is 5. The smallest absolute Gasteiger partial charge is 0.308 e. The van der Waals surface area contributed by atoms with Gasteiger partial charge in [-0.1, -0.05) is 23.2 Å². The molecular formula is C12H15Cl2NO4. The molecule has 0 fully saturated rings. The van der Waals surface area contributed by atoms with Gasteiger partial charge in [0.25, 0.3) is 0 Å². The normalized spacial score (nSPS) is 13.9. The molecule has 4 N–H and O–H groups in total. The number of aliphatic hydroxyl groups is 2. The maximum atomic E-state index is 11.2. The van der Waals surface area contributed by atoms with Crippen LogP contribution in [0.5, 0.6) is 0 Å². The molecule has 0 bridgehead atoms. The minimum Gasteiger partial charge on any atom is -0.466 e. The number of rotatable bonds is 5. The predicted molar refractivity (Wildman–Crippen MR) is 73.1 cm³/mol. The monoisotopic (exact) mass is 307 g/mol. The molecule has 1 aromatic carbocycles. The lowest BCUT2D eigenvalue weighted by atomic mass is 10.0. The first-order valence-electron chi connectivity index (χ1n) is 5.63. The highest BCUT2D eigenvalue weighted by Crippen LogP contribution is 2.32. The Morgan fingerprint density at radius 3 is 2.37 bits per heavy atom. The Balaban J connectivity index is 2.82. The van der Waals surface area contributed by atoms with Gasteiger partial charge in [0.15, 0.2) is 0 Å².